The molecule has 0 saturated carbocycles. The van der Waals surface area contributed by atoms with Crippen molar-refractivity contribution in [3.8, 4) is 0 Å². The van der Waals surface area contributed by atoms with Gasteiger partial charge < -0.3 is 5.73 Å². The van der Waals surface area contributed by atoms with Crippen LogP contribution in [0.25, 0.3) is 6.08 Å². The second kappa shape index (κ2) is 5.01. The molecule has 0 heterocycles. The highest BCUT2D eigenvalue weighted by Crippen LogP contribution is 2.09. The van der Waals surface area contributed by atoms with Crippen LogP contribution in [0.15, 0.2) is 30.3 Å². The maximum absolute atomic E-state index is 10.4. The van der Waals surface area contributed by atoms with E-state index in [4.69, 9.17) is 5.73 Å². The topological polar surface area (TPSA) is 43.1 Å². The summed E-state index contributed by atoms with van der Waals surface area (Å²) in [6, 6.07) is 8.02. The molecule has 2 N–H and O–H groups in total. The van der Waals surface area contributed by atoms with Crippen LogP contribution in [0.5, 0.6) is 0 Å². The summed E-state index contributed by atoms with van der Waals surface area (Å²) in [6.45, 7) is 0. The van der Waals surface area contributed by atoms with Crippen LogP contribution in [0.3, 0.4) is 0 Å². The molecule has 68 valence electrons. The van der Waals surface area contributed by atoms with Gasteiger partial charge in [-0.1, -0.05) is 24.3 Å². The van der Waals surface area contributed by atoms with E-state index in [1.54, 1.807) is 6.08 Å². The lowest BCUT2D eigenvalue weighted by Gasteiger charge is -1.93. The Morgan fingerprint density at radius 1 is 1.54 bits per heavy atom. The molecule has 0 aliphatic heterocycles. The maximum atomic E-state index is 10.4. The Kier molecular flexibility index (Phi) is 3.95. The van der Waals surface area contributed by atoms with Crippen molar-refractivity contribution in [1.29, 1.82) is 0 Å². The van der Waals surface area contributed by atoms with Crippen molar-refractivity contribution >= 4 is 34.6 Å². The van der Waals surface area contributed by atoms with Crippen LogP contribution < -0.4 is 5.73 Å². The molecule has 0 unspecified atom stereocenters. The van der Waals surface area contributed by atoms with Crippen molar-refractivity contribution in [1.82, 2.24) is 0 Å². The number of hydrogen-bond donors (Lipinski definition) is 1. The highest BCUT2D eigenvalue weighted by molar-refractivity contribution is 14.1. The number of hydrogen-bond acceptors (Lipinski definition) is 1. The van der Waals surface area contributed by atoms with E-state index in [9.17, 15) is 4.79 Å². The largest absolute Gasteiger partial charge is 0.369 e. The summed E-state index contributed by atoms with van der Waals surface area (Å²) in [5, 5.41) is 0. The van der Waals surface area contributed by atoms with Crippen LogP contribution in [0, 0.1) is 3.57 Å². The van der Waals surface area contributed by atoms with Crippen LogP contribution in [0.1, 0.15) is 12.0 Å². The number of primary amides is 1. The van der Waals surface area contributed by atoms with E-state index in [1.165, 1.54) is 3.57 Å². The zero-order valence-corrected chi connectivity index (χ0v) is 9.19. The molecule has 0 saturated heterocycles. The van der Waals surface area contributed by atoms with E-state index in [1.807, 2.05) is 30.3 Å². The summed E-state index contributed by atoms with van der Waals surface area (Å²) in [4.78, 5) is 10.4. The van der Waals surface area contributed by atoms with Crippen LogP contribution in [0.4, 0.5) is 0 Å². The van der Waals surface area contributed by atoms with Crippen molar-refractivity contribution in [2.75, 3.05) is 0 Å². The molecule has 0 atom stereocenters. The molecule has 0 spiro atoms. The first-order valence-corrected chi connectivity index (χ1v) is 4.97. The van der Waals surface area contributed by atoms with Crippen molar-refractivity contribution in [2.24, 2.45) is 5.73 Å². The lowest BCUT2D eigenvalue weighted by atomic mass is 10.2. The van der Waals surface area contributed by atoms with Crippen molar-refractivity contribution < 1.29 is 4.79 Å². The van der Waals surface area contributed by atoms with Crippen LogP contribution in [0.2, 0.25) is 0 Å². The van der Waals surface area contributed by atoms with Gasteiger partial charge in [-0.25, -0.2) is 0 Å². The lowest BCUT2D eigenvalue weighted by molar-refractivity contribution is -0.117. The zero-order chi connectivity index (χ0) is 9.68. The average Bonchev–Trinajstić information content (AvgIpc) is 2.03. The van der Waals surface area contributed by atoms with Crippen molar-refractivity contribution in [3.63, 3.8) is 0 Å². The Labute approximate surface area is 91.0 Å². The average molecular weight is 287 g/mol. The normalized spacial score (nSPS) is 10.5. The Hall–Kier alpha value is -0.840. The lowest BCUT2D eigenvalue weighted by Crippen LogP contribution is -2.07. The van der Waals surface area contributed by atoms with Gasteiger partial charge in [-0.3, -0.25) is 4.79 Å². The maximum Gasteiger partial charge on any atom is 0.221 e. The SMILES string of the molecule is NC(=O)C/C=C/c1cccc(I)c1. The quantitative estimate of drug-likeness (QED) is 0.851. The minimum atomic E-state index is -0.304. The van der Waals surface area contributed by atoms with Gasteiger partial charge in [-0.2, -0.15) is 0 Å². The third-order valence-corrected chi connectivity index (χ3v) is 2.15. The van der Waals surface area contributed by atoms with Gasteiger partial charge in [0, 0.05) is 9.99 Å². The molecule has 1 amide bonds. The van der Waals surface area contributed by atoms with Gasteiger partial charge in [0.15, 0.2) is 0 Å². The highest BCUT2D eigenvalue weighted by Gasteiger charge is 1.89. The second-order valence-electron chi connectivity index (χ2n) is 2.63. The van der Waals surface area contributed by atoms with Gasteiger partial charge in [-0.05, 0) is 40.3 Å². The fraction of sp³-hybridized carbons (Fsp3) is 0.100. The Morgan fingerprint density at radius 2 is 2.31 bits per heavy atom. The molecule has 1 aromatic rings. The number of carbonyl (C=O) groups excluding carboxylic acids is 1. The van der Waals surface area contributed by atoms with E-state index >= 15 is 0 Å². The summed E-state index contributed by atoms with van der Waals surface area (Å²) in [5.74, 6) is -0.304. The predicted octanol–water partition coefficient (Wildman–Crippen LogP) is 2.18. The second-order valence-corrected chi connectivity index (χ2v) is 3.87. The molecular weight excluding hydrogens is 277 g/mol. The number of rotatable bonds is 3. The van der Waals surface area contributed by atoms with Crippen molar-refractivity contribution in [2.45, 2.75) is 6.42 Å². The molecule has 13 heavy (non-hydrogen) atoms. The zero-order valence-electron chi connectivity index (χ0n) is 7.03. The standard InChI is InChI=1S/C10H10INO/c11-9-5-1-3-8(7-9)4-2-6-10(12)13/h1-5,7H,6H2,(H2,12,13)/b4-2+. The van der Waals surface area contributed by atoms with Gasteiger partial charge in [-0.15, -0.1) is 0 Å². The van der Waals surface area contributed by atoms with E-state index in [0.29, 0.717) is 6.42 Å². The monoisotopic (exact) mass is 287 g/mol. The fourth-order valence-corrected chi connectivity index (χ4v) is 1.49. The van der Waals surface area contributed by atoms with E-state index in [-0.39, 0.29) is 5.91 Å². The number of nitrogens with two attached hydrogens (primary N) is 1. The summed E-state index contributed by atoms with van der Waals surface area (Å²) in [7, 11) is 0. The molecule has 0 radical (unpaired) electrons. The number of halogens is 1. The third kappa shape index (κ3) is 4.07. The molecule has 0 fully saturated rings. The summed E-state index contributed by atoms with van der Waals surface area (Å²) in [5.41, 5.74) is 6.09. The molecule has 1 rings (SSSR count). The van der Waals surface area contributed by atoms with Gasteiger partial charge in [0.05, 0.1) is 0 Å². The van der Waals surface area contributed by atoms with E-state index in [2.05, 4.69) is 22.6 Å². The molecule has 3 heteroatoms. The van der Waals surface area contributed by atoms with Crippen LogP contribution in [-0.2, 0) is 4.79 Å². The molecule has 0 aliphatic carbocycles. The smallest absolute Gasteiger partial charge is 0.221 e. The van der Waals surface area contributed by atoms with E-state index < -0.39 is 0 Å². The van der Waals surface area contributed by atoms with Gasteiger partial charge >= 0.3 is 0 Å². The minimum absolute atomic E-state index is 0.297. The molecule has 0 aromatic heterocycles. The van der Waals surface area contributed by atoms with E-state index in [0.717, 1.165) is 5.56 Å². The van der Waals surface area contributed by atoms with Gasteiger partial charge in [0.25, 0.3) is 0 Å². The number of carbonyl (C=O) groups is 1. The predicted molar refractivity (Wildman–Crippen MR) is 62.0 cm³/mol. The summed E-state index contributed by atoms with van der Waals surface area (Å²) < 4.78 is 1.18. The van der Waals surface area contributed by atoms with Gasteiger partial charge in [0.1, 0.15) is 0 Å². The highest BCUT2D eigenvalue weighted by atomic mass is 127. The minimum Gasteiger partial charge on any atom is -0.369 e. The molecule has 2 nitrogen and oxygen atoms in total. The van der Waals surface area contributed by atoms with Crippen molar-refractivity contribution in [3.05, 3.63) is 39.5 Å². The fourth-order valence-electron chi connectivity index (χ4n) is 0.921. The first-order chi connectivity index (χ1) is 6.18. The third-order valence-electron chi connectivity index (χ3n) is 1.48. The Balaban J connectivity index is 2.63. The Bertz CT molecular complexity index is 333. The van der Waals surface area contributed by atoms with Crippen LogP contribution in [-0.4, -0.2) is 5.91 Å². The molecule has 1 aromatic carbocycles. The van der Waals surface area contributed by atoms with Gasteiger partial charge in [0.2, 0.25) is 5.91 Å². The molecule has 0 bridgehead atoms. The molecule has 0 aliphatic rings. The van der Waals surface area contributed by atoms with Crippen LogP contribution >= 0.6 is 22.6 Å². The Morgan fingerprint density at radius 3 is 2.92 bits per heavy atom. The summed E-state index contributed by atoms with van der Waals surface area (Å²) in [6.07, 6.45) is 3.96. The number of benzene rings is 1. The summed E-state index contributed by atoms with van der Waals surface area (Å²) >= 11 is 2.25. The first-order valence-electron chi connectivity index (χ1n) is 3.89. The first kappa shape index (κ1) is 10.2. The molecular formula is C10H10INO. The number of amides is 1.